The molecule has 5 rings (SSSR count). The average Bonchev–Trinajstić information content (AvgIpc) is 3.47. The summed E-state index contributed by atoms with van der Waals surface area (Å²) >= 11 is 0. The maximum atomic E-state index is 13.2. The lowest BCUT2D eigenvalue weighted by Crippen LogP contribution is -2.21. The second-order valence-electron chi connectivity index (χ2n) is 7.47. The van der Waals surface area contributed by atoms with Crippen LogP contribution in [0.1, 0.15) is 49.1 Å². The van der Waals surface area contributed by atoms with Gasteiger partial charge in [-0.2, -0.15) is 9.61 Å². The minimum atomic E-state index is -0.242. The van der Waals surface area contributed by atoms with E-state index in [-0.39, 0.29) is 5.82 Å². The summed E-state index contributed by atoms with van der Waals surface area (Å²) in [5.74, 6) is 1.53. The van der Waals surface area contributed by atoms with Crippen molar-refractivity contribution in [1.29, 1.82) is 0 Å². The molecule has 2 aliphatic rings. The molecular formula is C21H27FN6. The SMILES string of the molecule is C1CCNCC1.Nc1cc(NCc2cccc(F)c2)n2ncc(C3CC3)c2n1. The van der Waals surface area contributed by atoms with E-state index < -0.39 is 0 Å². The monoisotopic (exact) mass is 382 g/mol. The van der Waals surface area contributed by atoms with Gasteiger partial charge in [0.05, 0.1) is 6.20 Å². The van der Waals surface area contributed by atoms with Crippen molar-refractivity contribution in [2.75, 3.05) is 24.1 Å². The molecule has 1 aromatic carbocycles. The zero-order valence-electron chi connectivity index (χ0n) is 16.0. The Labute approximate surface area is 164 Å². The van der Waals surface area contributed by atoms with Crippen LogP contribution in [0.4, 0.5) is 16.0 Å². The molecule has 0 bridgehead atoms. The number of benzene rings is 1. The number of nitrogens with one attached hydrogen (secondary N) is 2. The van der Waals surface area contributed by atoms with Crippen LogP contribution in [0, 0.1) is 5.82 Å². The molecular weight excluding hydrogens is 355 g/mol. The highest BCUT2D eigenvalue weighted by Gasteiger charge is 2.28. The van der Waals surface area contributed by atoms with E-state index in [0.29, 0.717) is 18.3 Å². The van der Waals surface area contributed by atoms with Gasteiger partial charge in [-0.3, -0.25) is 0 Å². The average molecular weight is 382 g/mol. The number of rotatable bonds is 4. The van der Waals surface area contributed by atoms with Crippen LogP contribution < -0.4 is 16.4 Å². The van der Waals surface area contributed by atoms with Gasteiger partial charge < -0.3 is 16.4 Å². The quantitative estimate of drug-likeness (QED) is 0.641. The summed E-state index contributed by atoms with van der Waals surface area (Å²) in [6.07, 6.45) is 8.45. The van der Waals surface area contributed by atoms with Gasteiger partial charge in [0.2, 0.25) is 0 Å². The zero-order chi connectivity index (χ0) is 19.3. The van der Waals surface area contributed by atoms with Crippen LogP contribution in [0.3, 0.4) is 0 Å². The number of piperidine rings is 1. The number of anilines is 2. The summed E-state index contributed by atoms with van der Waals surface area (Å²) in [6.45, 7) is 2.99. The molecule has 1 aliphatic heterocycles. The highest BCUT2D eigenvalue weighted by atomic mass is 19.1. The van der Waals surface area contributed by atoms with Crippen molar-refractivity contribution in [1.82, 2.24) is 19.9 Å². The van der Waals surface area contributed by atoms with Crippen molar-refractivity contribution in [2.24, 2.45) is 0 Å². The smallest absolute Gasteiger partial charge is 0.163 e. The van der Waals surface area contributed by atoms with Crippen LogP contribution in [0.25, 0.3) is 5.65 Å². The molecule has 0 amide bonds. The maximum absolute atomic E-state index is 13.2. The highest BCUT2D eigenvalue weighted by molar-refractivity contribution is 5.60. The van der Waals surface area contributed by atoms with Crippen LogP contribution in [0.2, 0.25) is 0 Å². The standard InChI is InChI=1S/C16H16FN5.C5H11N/c17-12-3-1-2-10(6-12)8-19-15-7-14(18)21-16-13(11-4-5-11)9-20-22(15)16;1-2-4-6-5-3-1/h1-3,6-7,9,11,19H,4-5,8H2,(H2,18,21);6H,1-5H2. The van der Waals surface area contributed by atoms with Gasteiger partial charge in [0.15, 0.2) is 5.65 Å². The number of hydrogen-bond acceptors (Lipinski definition) is 5. The summed E-state index contributed by atoms with van der Waals surface area (Å²) in [7, 11) is 0. The fourth-order valence-electron chi connectivity index (χ4n) is 3.45. The molecule has 0 unspecified atom stereocenters. The van der Waals surface area contributed by atoms with E-state index in [2.05, 4.69) is 20.7 Å². The van der Waals surface area contributed by atoms with Crippen molar-refractivity contribution < 1.29 is 4.39 Å². The zero-order valence-corrected chi connectivity index (χ0v) is 16.0. The lowest BCUT2D eigenvalue weighted by Gasteiger charge is -2.09. The highest BCUT2D eigenvalue weighted by Crippen LogP contribution is 2.41. The van der Waals surface area contributed by atoms with Gasteiger partial charge in [-0.05, 0) is 62.4 Å². The van der Waals surface area contributed by atoms with E-state index in [1.54, 1.807) is 16.6 Å². The molecule has 1 saturated heterocycles. The number of fused-ring (bicyclic) bond motifs is 1. The number of nitrogens with two attached hydrogens (primary N) is 1. The van der Waals surface area contributed by atoms with Crippen LogP contribution in [0.5, 0.6) is 0 Å². The second kappa shape index (κ2) is 8.56. The Bertz CT molecular complexity index is 918. The molecule has 28 heavy (non-hydrogen) atoms. The van der Waals surface area contributed by atoms with E-state index in [1.165, 1.54) is 57.3 Å². The fourth-order valence-corrected chi connectivity index (χ4v) is 3.45. The van der Waals surface area contributed by atoms with Gasteiger partial charge in [-0.1, -0.05) is 18.6 Å². The Morgan fingerprint density at radius 1 is 1.18 bits per heavy atom. The van der Waals surface area contributed by atoms with Crippen LogP contribution in [-0.2, 0) is 6.54 Å². The summed E-state index contributed by atoms with van der Waals surface area (Å²) in [6, 6.07) is 8.25. The molecule has 3 heterocycles. The first-order chi connectivity index (χ1) is 13.7. The predicted molar refractivity (Wildman–Crippen MR) is 110 cm³/mol. The van der Waals surface area contributed by atoms with Crippen LogP contribution >= 0.6 is 0 Å². The first-order valence-electron chi connectivity index (χ1n) is 10.0. The number of aromatic nitrogens is 3. The van der Waals surface area contributed by atoms with Crippen LogP contribution in [-0.4, -0.2) is 27.7 Å². The molecule has 7 heteroatoms. The van der Waals surface area contributed by atoms with Crippen molar-refractivity contribution in [3.63, 3.8) is 0 Å². The largest absolute Gasteiger partial charge is 0.384 e. The van der Waals surface area contributed by atoms with E-state index >= 15 is 0 Å². The van der Waals surface area contributed by atoms with Gasteiger partial charge in [-0.15, -0.1) is 0 Å². The van der Waals surface area contributed by atoms with E-state index in [9.17, 15) is 4.39 Å². The third-order valence-corrected chi connectivity index (χ3v) is 5.11. The van der Waals surface area contributed by atoms with Gasteiger partial charge in [-0.25, -0.2) is 9.37 Å². The maximum Gasteiger partial charge on any atom is 0.163 e. The third kappa shape index (κ3) is 4.59. The molecule has 0 atom stereocenters. The number of nitrogens with zero attached hydrogens (tertiary/aromatic N) is 3. The lowest BCUT2D eigenvalue weighted by molar-refractivity contribution is 0.520. The van der Waals surface area contributed by atoms with Gasteiger partial charge >= 0.3 is 0 Å². The van der Waals surface area contributed by atoms with Crippen molar-refractivity contribution >= 4 is 17.3 Å². The first-order valence-corrected chi connectivity index (χ1v) is 10.0. The summed E-state index contributed by atoms with van der Waals surface area (Å²) in [4.78, 5) is 4.40. The summed E-state index contributed by atoms with van der Waals surface area (Å²) in [5, 5.41) is 11.0. The summed E-state index contributed by atoms with van der Waals surface area (Å²) < 4.78 is 15.0. The van der Waals surface area contributed by atoms with E-state index in [1.807, 2.05) is 12.3 Å². The van der Waals surface area contributed by atoms with Crippen molar-refractivity contribution in [3.05, 3.63) is 53.5 Å². The Morgan fingerprint density at radius 3 is 2.64 bits per heavy atom. The fraction of sp³-hybridized carbons (Fsp3) is 0.429. The Morgan fingerprint density at radius 2 is 2.00 bits per heavy atom. The van der Waals surface area contributed by atoms with Gasteiger partial charge in [0.25, 0.3) is 0 Å². The molecule has 1 saturated carbocycles. The molecule has 3 aromatic rings. The molecule has 1 aliphatic carbocycles. The van der Waals surface area contributed by atoms with Gasteiger partial charge in [0, 0.05) is 18.2 Å². The number of nitrogen functional groups attached to an aromatic ring is 1. The normalized spacial score (nSPS) is 16.5. The Hall–Kier alpha value is -2.67. The third-order valence-electron chi connectivity index (χ3n) is 5.11. The van der Waals surface area contributed by atoms with E-state index in [0.717, 1.165) is 22.6 Å². The minimum absolute atomic E-state index is 0.242. The molecule has 148 valence electrons. The topological polar surface area (TPSA) is 80.3 Å². The van der Waals surface area contributed by atoms with Crippen molar-refractivity contribution in [3.8, 4) is 0 Å². The molecule has 0 spiro atoms. The lowest BCUT2D eigenvalue weighted by atomic mass is 10.2. The number of hydrogen-bond donors (Lipinski definition) is 3. The number of halogens is 1. The van der Waals surface area contributed by atoms with Gasteiger partial charge in [0.1, 0.15) is 17.5 Å². The minimum Gasteiger partial charge on any atom is -0.384 e. The molecule has 2 fully saturated rings. The molecule has 2 aromatic heterocycles. The Balaban J connectivity index is 0.000000275. The summed E-state index contributed by atoms with van der Waals surface area (Å²) in [5.41, 5.74) is 8.74. The van der Waals surface area contributed by atoms with Crippen LogP contribution in [0.15, 0.2) is 36.5 Å². The first kappa shape index (κ1) is 18.7. The molecule has 6 nitrogen and oxygen atoms in total. The molecule has 4 N–H and O–H groups in total. The molecule has 0 radical (unpaired) electrons. The second-order valence-corrected chi connectivity index (χ2v) is 7.47. The van der Waals surface area contributed by atoms with E-state index in [4.69, 9.17) is 5.73 Å². The predicted octanol–water partition coefficient (Wildman–Crippen LogP) is 3.70. The van der Waals surface area contributed by atoms with Crippen molar-refractivity contribution in [2.45, 2.75) is 44.6 Å². The Kier molecular flexibility index (Phi) is 5.71.